The quantitative estimate of drug-likeness (QED) is 0.556. The fourth-order valence-corrected chi connectivity index (χ4v) is 8.25. The lowest BCUT2D eigenvalue weighted by molar-refractivity contribution is -0.131. The van der Waals surface area contributed by atoms with E-state index in [4.69, 9.17) is 0 Å². The molecule has 3 saturated carbocycles. The average Bonchev–Trinajstić information content (AvgIpc) is 2.96. The molecule has 4 rings (SSSR count). The van der Waals surface area contributed by atoms with Crippen LogP contribution >= 0.6 is 8.03 Å². The highest BCUT2D eigenvalue weighted by Gasteiger charge is 2.60. The summed E-state index contributed by atoms with van der Waals surface area (Å²) in [6.07, 6.45) is 11.1. The third-order valence-corrected chi connectivity index (χ3v) is 10.4. The van der Waals surface area contributed by atoms with Crippen molar-refractivity contribution in [2.45, 2.75) is 92.0 Å². The molecule has 0 radical (unpaired) electrons. The molecule has 4 aliphatic carbocycles. The van der Waals surface area contributed by atoms with Gasteiger partial charge in [0.05, 0.1) is 0 Å². The Bertz CT molecular complexity index is 741. The van der Waals surface area contributed by atoms with Gasteiger partial charge in [0.2, 0.25) is 5.91 Å². The van der Waals surface area contributed by atoms with Gasteiger partial charge in [-0.1, -0.05) is 34.6 Å². The summed E-state index contributed by atoms with van der Waals surface area (Å²) in [5.74, 6) is 2.89. The Kier molecular flexibility index (Phi) is 5.31. The number of amides is 1. The monoisotopic (exact) mass is 420 g/mol. The van der Waals surface area contributed by atoms with Crippen LogP contribution in [0.25, 0.3) is 0 Å². The summed E-state index contributed by atoms with van der Waals surface area (Å²) in [4.78, 5) is 22.3. The molecular formula is C24H39NO3P+. The molecule has 0 aromatic carbocycles. The number of carbonyl (C=O) groups is 1. The minimum absolute atomic E-state index is 0.185. The minimum Gasteiger partial charge on any atom is -0.352 e. The SMILES string of the molecule is CC(C)(C)C(=O)NC1CC[C@H]2[C@@H]3CCC4CC([P+](=O)O)=CC[C@]4(C)[C@@H]3CC[C@]12C. The largest absolute Gasteiger partial charge is 0.541 e. The molecule has 1 amide bonds. The van der Waals surface area contributed by atoms with Crippen LogP contribution in [0.3, 0.4) is 0 Å². The van der Waals surface area contributed by atoms with Crippen LogP contribution in [0.15, 0.2) is 11.4 Å². The molecule has 5 heteroatoms. The molecule has 162 valence electrons. The second-order valence-electron chi connectivity index (χ2n) is 11.9. The van der Waals surface area contributed by atoms with Crippen molar-refractivity contribution in [1.82, 2.24) is 5.32 Å². The van der Waals surface area contributed by atoms with Crippen molar-refractivity contribution in [2.75, 3.05) is 0 Å². The molecule has 0 aromatic heterocycles. The normalized spacial score (nSPS) is 44.8. The van der Waals surface area contributed by atoms with Crippen LogP contribution in [-0.4, -0.2) is 16.8 Å². The van der Waals surface area contributed by atoms with Crippen molar-refractivity contribution >= 4 is 13.9 Å². The van der Waals surface area contributed by atoms with Crippen LogP contribution in [0.4, 0.5) is 0 Å². The molecule has 0 saturated heterocycles. The lowest BCUT2D eigenvalue weighted by Crippen LogP contribution is -2.56. The molecule has 2 N–H and O–H groups in total. The molecule has 0 spiro atoms. The lowest BCUT2D eigenvalue weighted by atomic mass is 9.46. The smallest absolute Gasteiger partial charge is 0.352 e. The Labute approximate surface area is 177 Å². The maximum Gasteiger partial charge on any atom is 0.541 e. The number of carbonyl (C=O) groups excluding carboxylic acids is 1. The molecule has 3 unspecified atom stereocenters. The molecule has 29 heavy (non-hydrogen) atoms. The summed E-state index contributed by atoms with van der Waals surface area (Å²) in [7, 11) is -2.16. The highest BCUT2D eigenvalue weighted by molar-refractivity contribution is 7.43. The first kappa shape index (κ1) is 21.5. The highest BCUT2D eigenvalue weighted by atomic mass is 31.1. The van der Waals surface area contributed by atoms with E-state index < -0.39 is 8.03 Å². The second-order valence-corrected chi connectivity index (χ2v) is 13.1. The van der Waals surface area contributed by atoms with Gasteiger partial charge in [0.25, 0.3) is 0 Å². The number of fused-ring (bicyclic) bond motifs is 5. The lowest BCUT2D eigenvalue weighted by Gasteiger charge is -2.59. The Morgan fingerprint density at radius 2 is 1.79 bits per heavy atom. The molecule has 3 fully saturated rings. The van der Waals surface area contributed by atoms with Gasteiger partial charge in [0, 0.05) is 17.9 Å². The molecular weight excluding hydrogens is 381 g/mol. The Morgan fingerprint density at radius 1 is 1.10 bits per heavy atom. The number of rotatable bonds is 2. The van der Waals surface area contributed by atoms with E-state index in [0.29, 0.717) is 23.8 Å². The van der Waals surface area contributed by atoms with Gasteiger partial charge in [0.15, 0.2) is 5.31 Å². The zero-order valence-corrected chi connectivity index (χ0v) is 19.7. The Hall–Kier alpha value is -0.730. The predicted molar refractivity (Wildman–Crippen MR) is 116 cm³/mol. The fourth-order valence-electron chi connectivity index (χ4n) is 7.63. The second kappa shape index (κ2) is 7.16. The van der Waals surface area contributed by atoms with Gasteiger partial charge in [-0.05, 0) is 90.1 Å². The van der Waals surface area contributed by atoms with Crippen molar-refractivity contribution in [3.63, 3.8) is 0 Å². The van der Waals surface area contributed by atoms with E-state index >= 15 is 0 Å². The van der Waals surface area contributed by atoms with Gasteiger partial charge in [-0.3, -0.25) is 4.79 Å². The van der Waals surface area contributed by atoms with E-state index in [0.717, 1.165) is 30.5 Å². The maximum atomic E-state index is 12.7. The van der Waals surface area contributed by atoms with Gasteiger partial charge in [-0.2, -0.15) is 4.89 Å². The Balaban J connectivity index is 1.54. The van der Waals surface area contributed by atoms with E-state index in [1.165, 1.54) is 32.1 Å². The summed E-state index contributed by atoms with van der Waals surface area (Å²) in [5, 5.41) is 4.21. The van der Waals surface area contributed by atoms with Crippen LogP contribution in [0.1, 0.15) is 86.0 Å². The Morgan fingerprint density at radius 3 is 2.45 bits per heavy atom. The molecule has 8 atom stereocenters. The van der Waals surface area contributed by atoms with Gasteiger partial charge in [-0.15, -0.1) is 0 Å². The van der Waals surface area contributed by atoms with Gasteiger partial charge < -0.3 is 5.32 Å². The van der Waals surface area contributed by atoms with Crippen molar-refractivity contribution in [2.24, 2.45) is 39.9 Å². The first-order valence-corrected chi connectivity index (χ1v) is 12.8. The summed E-state index contributed by atoms with van der Waals surface area (Å²) in [5.41, 5.74) is 0.151. The van der Waals surface area contributed by atoms with Gasteiger partial charge >= 0.3 is 8.03 Å². The van der Waals surface area contributed by atoms with E-state index in [2.05, 4.69) is 25.2 Å². The van der Waals surface area contributed by atoms with Crippen LogP contribution in [-0.2, 0) is 9.36 Å². The third-order valence-electron chi connectivity index (χ3n) is 9.53. The number of nitrogens with one attached hydrogen (secondary N) is 1. The van der Waals surface area contributed by atoms with E-state index in [1.807, 2.05) is 20.8 Å². The number of allylic oxidation sites excluding steroid dienone is 2. The van der Waals surface area contributed by atoms with Crippen LogP contribution in [0.5, 0.6) is 0 Å². The van der Waals surface area contributed by atoms with Gasteiger partial charge in [-0.25, -0.2) is 0 Å². The summed E-state index contributed by atoms with van der Waals surface area (Å²) >= 11 is 0. The van der Waals surface area contributed by atoms with Crippen molar-refractivity contribution in [1.29, 1.82) is 0 Å². The summed E-state index contributed by atoms with van der Waals surface area (Å²) in [6, 6.07) is 0.307. The number of hydrogen-bond acceptors (Lipinski definition) is 2. The zero-order chi connectivity index (χ0) is 21.2. The third kappa shape index (κ3) is 3.43. The van der Waals surface area contributed by atoms with Crippen molar-refractivity contribution in [3.8, 4) is 0 Å². The molecule has 0 bridgehead atoms. The van der Waals surface area contributed by atoms with Crippen LogP contribution in [0.2, 0.25) is 0 Å². The fraction of sp³-hybridized carbons (Fsp3) is 0.875. The zero-order valence-electron chi connectivity index (χ0n) is 18.8. The molecule has 4 aliphatic rings. The van der Waals surface area contributed by atoms with Gasteiger partial charge in [0.1, 0.15) is 0 Å². The van der Waals surface area contributed by atoms with E-state index in [1.54, 1.807) is 0 Å². The van der Waals surface area contributed by atoms with Crippen molar-refractivity contribution in [3.05, 3.63) is 11.4 Å². The van der Waals surface area contributed by atoms with E-state index in [-0.39, 0.29) is 22.2 Å². The molecule has 0 heterocycles. The van der Waals surface area contributed by atoms with Crippen LogP contribution < -0.4 is 5.32 Å². The topological polar surface area (TPSA) is 66.4 Å². The number of hydrogen-bond donors (Lipinski definition) is 2. The summed E-state index contributed by atoms with van der Waals surface area (Å²) in [6.45, 7) is 10.9. The van der Waals surface area contributed by atoms with Crippen molar-refractivity contribution < 1.29 is 14.3 Å². The highest BCUT2D eigenvalue weighted by Crippen LogP contribution is 2.66. The average molecular weight is 421 g/mol. The minimum atomic E-state index is -2.16. The predicted octanol–water partition coefficient (Wildman–Crippen LogP) is 5.79. The maximum absolute atomic E-state index is 12.7. The van der Waals surface area contributed by atoms with Crippen LogP contribution in [0, 0.1) is 39.9 Å². The molecule has 0 aliphatic heterocycles. The first-order valence-electron chi connectivity index (χ1n) is 11.6. The first-order chi connectivity index (χ1) is 13.5. The molecule has 0 aromatic rings. The molecule has 4 nitrogen and oxygen atoms in total. The van der Waals surface area contributed by atoms with E-state index in [9.17, 15) is 14.3 Å². The standard InChI is InChI=1S/C24H38NO3P/c1-22(2,3)21(26)25-20-9-8-18-17-7-6-15-14-16(29(27)28)10-12-23(15,4)19(17)11-13-24(18,20)5/h10,15,17-20H,6-9,11-14H2,1-5H3,(H-,25,26,27,28)/p+1/t15?,17-,18-,19+,20?,23-,24-/m0/s1. The summed E-state index contributed by atoms with van der Waals surface area (Å²) < 4.78 is 11.6.